The van der Waals surface area contributed by atoms with Crippen molar-refractivity contribution in [2.45, 2.75) is 19.8 Å². The van der Waals surface area contributed by atoms with Gasteiger partial charge in [0.25, 0.3) is 11.8 Å². The fraction of sp³-hybridized carbons (Fsp3) is 0.103. The predicted octanol–water partition coefficient (Wildman–Crippen LogP) is 7.86. The normalized spacial score (nSPS) is 13.6. The molecule has 1 aliphatic heterocycles. The molecule has 5 aromatic carbocycles. The number of amides is 4. The maximum atomic E-state index is 13.6. The number of benzene rings is 5. The van der Waals surface area contributed by atoms with Crippen molar-refractivity contribution in [2.24, 2.45) is 0 Å². The first-order valence-electron chi connectivity index (χ1n) is 15.3. The van der Waals surface area contributed by atoms with Crippen molar-refractivity contribution in [1.29, 1.82) is 0 Å². The minimum absolute atomic E-state index is 0.163. The van der Waals surface area contributed by atoms with Gasteiger partial charge in [-0.05, 0) is 77.4 Å². The van der Waals surface area contributed by atoms with Crippen LogP contribution < -0.4 is 29.2 Å². The third kappa shape index (κ3) is 8.17. The summed E-state index contributed by atoms with van der Waals surface area (Å²) in [5.41, 5.74) is 3.36. The van der Waals surface area contributed by atoms with Crippen molar-refractivity contribution < 1.29 is 33.3 Å². The van der Waals surface area contributed by atoms with Crippen LogP contribution in [0.2, 0.25) is 0 Å². The number of carbonyl (C=O) groups excluding carboxylic acids is 3. The number of imide groups is 2. The number of rotatable bonds is 12. The van der Waals surface area contributed by atoms with Crippen LogP contribution in [0.3, 0.4) is 0 Å². The van der Waals surface area contributed by atoms with Gasteiger partial charge in [-0.1, -0.05) is 82.7 Å². The van der Waals surface area contributed by atoms with Gasteiger partial charge in [0.15, 0.2) is 11.5 Å². The van der Waals surface area contributed by atoms with Crippen molar-refractivity contribution in [1.82, 2.24) is 5.32 Å². The smallest absolute Gasteiger partial charge is 0.335 e. The second-order valence-corrected chi connectivity index (χ2v) is 11.9. The maximum Gasteiger partial charge on any atom is 0.335 e. The average Bonchev–Trinajstić information content (AvgIpc) is 3.12. The number of methoxy groups -OCH3 is 1. The topological polar surface area (TPSA) is 103 Å². The molecule has 9 nitrogen and oxygen atoms in total. The fourth-order valence-electron chi connectivity index (χ4n) is 5.06. The summed E-state index contributed by atoms with van der Waals surface area (Å²) in [6, 6.07) is 36.0. The van der Waals surface area contributed by atoms with Gasteiger partial charge in [0.05, 0.1) is 12.8 Å². The first-order chi connectivity index (χ1) is 23.9. The number of anilines is 1. The largest absolute Gasteiger partial charge is 0.493 e. The number of carbonyl (C=O) groups is 3. The molecule has 0 saturated carbocycles. The number of barbiturate groups is 1. The Morgan fingerprint density at radius 3 is 1.94 bits per heavy atom. The minimum Gasteiger partial charge on any atom is -0.493 e. The van der Waals surface area contributed by atoms with Gasteiger partial charge in [0, 0.05) is 10.0 Å². The SMILES string of the molecule is COc1cc(COc2ccc(Br)cc2/C=C2/C(=O)NC(=O)N(c3ccc(OCc4ccccc4)cc3)C2=O)ccc1OCc1ccccc1. The number of ether oxygens (including phenoxy) is 4. The van der Waals surface area contributed by atoms with Crippen LogP contribution in [0.1, 0.15) is 22.3 Å². The van der Waals surface area contributed by atoms with Gasteiger partial charge in [-0.3, -0.25) is 14.9 Å². The Bertz CT molecular complexity index is 2000. The molecular formula is C39H31BrN2O7. The van der Waals surface area contributed by atoms with E-state index < -0.39 is 17.8 Å². The molecule has 0 aliphatic carbocycles. The number of hydrogen-bond donors (Lipinski definition) is 1. The lowest BCUT2D eigenvalue weighted by atomic mass is 10.1. The molecule has 0 atom stereocenters. The van der Waals surface area contributed by atoms with E-state index >= 15 is 0 Å². The molecule has 10 heteroatoms. The highest BCUT2D eigenvalue weighted by molar-refractivity contribution is 9.10. The van der Waals surface area contributed by atoms with Crippen LogP contribution in [0.5, 0.6) is 23.0 Å². The van der Waals surface area contributed by atoms with E-state index in [1.165, 1.54) is 6.08 Å². The van der Waals surface area contributed by atoms with E-state index in [0.29, 0.717) is 46.2 Å². The molecular weight excluding hydrogens is 688 g/mol. The van der Waals surface area contributed by atoms with Crippen LogP contribution in [0.15, 0.2) is 131 Å². The standard InChI is InChI=1S/C39H31BrN2O7/c1-46-36-20-28(12-18-35(36)49-24-27-10-6-3-7-11-27)25-48-34-19-13-30(40)21-29(34)22-33-37(43)41-39(45)42(38(33)44)31-14-16-32(17-15-31)47-23-26-8-4-2-5-9-26/h2-22H,23-25H2,1H3,(H,41,43,45)/b33-22-. The van der Waals surface area contributed by atoms with Crippen molar-refractivity contribution in [3.8, 4) is 23.0 Å². The van der Waals surface area contributed by atoms with Gasteiger partial charge in [-0.25, -0.2) is 9.69 Å². The number of urea groups is 1. The third-order valence-electron chi connectivity index (χ3n) is 7.58. The lowest BCUT2D eigenvalue weighted by Crippen LogP contribution is -2.54. The summed E-state index contributed by atoms with van der Waals surface area (Å²) in [5.74, 6) is 0.555. The lowest BCUT2D eigenvalue weighted by molar-refractivity contribution is -0.122. The molecule has 1 saturated heterocycles. The Morgan fingerprint density at radius 1 is 0.653 bits per heavy atom. The quantitative estimate of drug-likeness (QED) is 0.103. The van der Waals surface area contributed by atoms with Gasteiger partial charge in [0.2, 0.25) is 0 Å². The molecule has 1 heterocycles. The molecule has 0 spiro atoms. The van der Waals surface area contributed by atoms with Gasteiger partial charge >= 0.3 is 6.03 Å². The van der Waals surface area contributed by atoms with Crippen LogP contribution in [0.25, 0.3) is 6.08 Å². The molecule has 0 bridgehead atoms. The first-order valence-corrected chi connectivity index (χ1v) is 16.1. The molecule has 5 aromatic rings. The van der Waals surface area contributed by atoms with Gasteiger partial charge in [0.1, 0.15) is 36.9 Å². The highest BCUT2D eigenvalue weighted by atomic mass is 79.9. The molecule has 6 rings (SSSR count). The highest BCUT2D eigenvalue weighted by Gasteiger charge is 2.37. The van der Waals surface area contributed by atoms with E-state index in [-0.39, 0.29) is 17.9 Å². The molecule has 0 unspecified atom stereocenters. The van der Waals surface area contributed by atoms with Crippen LogP contribution in [0, 0.1) is 0 Å². The molecule has 0 aromatic heterocycles. The van der Waals surface area contributed by atoms with E-state index in [1.807, 2.05) is 78.9 Å². The molecule has 1 fully saturated rings. The molecule has 0 radical (unpaired) electrons. The Balaban J connectivity index is 1.17. The second kappa shape index (κ2) is 15.4. The molecule has 246 valence electrons. The lowest BCUT2D eigenvalue weighted by Gasteiger charge is -2.26. The van der Waals surface area contributed by atoms with E-state index in [0.717, 1.165) is 21.6 Å². The number of halogens is 1. The maximum absolute atomic E-state index is 13.6. The zero-order valence-corrected chi connectivity index (χ0v) is 28.0. The van der Waals surface area contributed by atoms with Gasteiger partial charge < -0.3 is 18.9 Å². The first kappa shape index (κ1) is 33.0. The molecule has 1 aliphatic rings. The Morgan fingerprint density at radius 2 is 1.27 bits per heavy atom. The number of nitrogens with zero attached hydrogens (tertiary/aromatic N) is 1. The van der Waals surface area contributed by atoms with E-state index in [2.05, 4.69) is 21.2 Å². The van der Waals surface area contributed by atoms with Crippen LogP contribution >= 0.6 is 15.9 Å². The van der Waals surface area contributed by atoms with E-state index in [4.69, 9.17) is 18.9 Å². The average molecular weight is 720 g/mol. The highest BCUT2D eigenvalue weighted by Crippen LogP contribution is 2.32. The molecule has 1 N–H and O–H groups in total. The van der Waals surface area contributed by atoms with Crippen LogP contribution in [-0.4, -0.2) is 25.0 Å². The predicted molar refractivity (Wildman–Crippen MR) is 188 cm³/mol. The fourth-order valence-corrected chi connectivity index (χ4v) is 5.44. The molecule has 49 heavy (non-hydrogen) atoms. The van der Waals surface area contributed by atoms with Crippen LogP contribution in [-0.2, 0) is 29.4 Å². The summed E-state index contributed by atoms with van der Waals surface area (Å²) in [4.78, 5) is 40.3. The summed E-state index contributed by atoms with van der Waals surface area (Å²) in [5, 5.41) is 2.27. The zero-order chi connectivity index (χ0) is 34.2. The Hall–Kier alpha value is -5.87. The Kier molecular flexibility index (Phi) is 10.4. The molecule has 4 amide bonds. The summed E-state index contributed by atoms with van der Waals surface area (Å²) in [6.07, 6.45) is 1.41. The minimum atomic E-state index is -0.846. The third-order valence-corrected chi connectivity index (χ3v) is 8.07. The second-order valence-electron chi connectivity index (χ2n) is 11.0. The van der Waals surface area contributed by atoms with Crippen molar-refractivity contribution >= 4 is 45.5 Å². The van der Waals surface area contributed by atoms with E-state index in [1.54, 1.807) is 49.6 Å². The monoisotopic (exact) mass is 718 g/mol. The van der Waals surface area contributed by atoms with E-state index in [9.17, 15) is 14.4 Å². The summed E-state index contributed by atoms with van der Waals surface area (Å²) < 4.78 is 24.2. The zero-order valence-electron chi connectivity index (χ0n) is 26.4. The number of nitrogens with one attached hydrogen (secondary N) is 1. The van der Waals surface area contributed by atoms with Gasteiger partial charge in [-0.2, -0.15) is 0 Å². The van der Waals surface area contributed by atoms with Gasteiger partial charge in [-0.15, -0.1) is 0 Å². The van der Waals surface area contributed by atoms with Crippen molar-refractivity contribution in [2.75, 3.05) is 12.0 Å². The summed E-state index contributed by atoms with van der Waals surface area (Å²) >= 11 is 3.46. The number of hydrogen-bond acceptors (Lipinski definition) is 7. The van der Waals surface area contributed by atoms with Crippen molar-refractivity contribution in [3.63, 3.8) is 0 Å². The summed E-state index contributed by atoms with van der Waals surface area (Å²) in [6.45, 7) is 0.925. The van der Waals surface area contributed by atoms with Crippen LogP contribution in [0.4, 0.5) is 10.5 Å². The Labute approximate surface area is 291 Å². The van der Waals surface area contributed by atoms with Crippen molar-refractivity contribution in [3.05, 3.63) is 154 Å². The summed E-state index contributed by atoms with van der Waals surface area (Å²) in [7, 11) is 1.57.